The average molecular weight is 447 g/mol. The molecule has 1 aliphatic rings. The minimum absolute atomic E-state index is 0.149. The van der Waals surface area contributed by atoms with Gasteiger partial charge in [-0.2, -0.15) is 0 Å². The van der Waals surface area contributed by atoms with Gasteiger partial charge in [-0.3, -0.25) is 14.5 Å². The van der Waals surface area contributed by atoms with Gasteiger partial charge in [-0.05, 0) is 61.2 Å². The smallest absolute Gasteiger partial charge is 0.338 e. The molecule has 0 aromatic heterocycles. The third-order valence-corrected chi connectivity index (χ3v) is 5.70. The second kappa shape index (κ2) is 9.38. The van der Waals surface area contributed by atoms with Crippen LogP contribution in [-0.4, -0.2) is 50.0 Å². The van der Waals surface area contributed by atoms with Crippen molar-refractivity contribution in [3.8, 4) is 0 Å². The highest BCUT2D eigenvalue weighted by Crippen LogP contribution is 2.20. The van der Waals surface area contributed by atoms with E-state index in [0.29, 0.717) is 18.4 Å². The van der Waals surface area contributed by atoms with Crippen molar-refractivity contribution in [2.45, 2.75) is 31.1 Å². The Morgan fingerprint density at radius 1 is 1.03 bits per heavy atom. The van der Waals surface area contributed by atoms with Crippen LogP contribution in [0.1, 0.15) is 45.5 Å². The normalized spacial score (nSPS) is 17.2. The predicted octanol–water partition coefficient (Wildman–Crippen LogP) is 2.75. The van der Waals surface area contributed by atoms with Crippen molar-refractivity contribution in [1.82, 2.24) is 4.90 Å². The maximum absolute atomic E-state index is 13.1. The third-order valence-electron chi connectivity index (χ3n) is 4.84. The molecule has 1 unspecified atom stereocenters. The first kappa shape index (κ1) is 22.6. The van der Waals surface area contributed by atoms with Crippen molar-refractivity contribution in [2.24, 2.45) is 0 Å². The number of nitrogens with zero attached hydrogens (tertiary/aromatic N) is 1. The predicted molar refractivity (Wildman–Crippen MR) is 110 cm³/mol. The summed E-state index contributed by atoms with van der Waals surface area (Å²) in [5, 5.41) is 0. The second-order valence-electron chi connectivity index (χ2n) is 7.46. The van der Waals surface area contributed by atoms with Gasteiger partial charge in [-0.15, -0.1) is 0 Å². The summed E-state index contributed by atoms with van der Waals surface area (Å²) in [6.07, 6.45) is 1.43. The molecule has 0 spiro atoms. The van der Waals surface area contributed by atoms with E-state index in [1.807, 2.05) is 0 Å². The fourth-order valence-corrected chi connectivity index (χ4v) is 4.10. The zero-order valence-corrected chi connectivity index (χ0v) is 17.7. The molecular weight excluding hydrogens is 425 g/mol. The zero-order chi connectivity index (χ0) is 22.6. The lowest BCUT2D eigenvalue weighted by Gasteiger charge is -2.22. The molecule has 2 aromatic rings. The maximum Gasteiger partial charge on any atom is 0.338 e. The van der Waals surface area contributed by atoms with Gasteiger partial charge < -0.3 is 4.74 Å². The van der Waals surface area contributed by atoms with Gasteiger partial charge in [0.05, 0.1) is 11.3 Å². The quantitative estimate of drug-likeness (QED) is 0.516. The van der Waals surface area contributed by atoms with E-state index in [1.165, 1.54) is 36.4 Å². The molecule has 3 rings (SSSR count). The number of carbonyl (C=O) groups is 3. The second-order valence-corrected chi connectivity index (χ2v) is 9.60. The first-order valence-corrected chi connectivity index (χ1v) is 11.8. The summed E-state index contributed by atoms with van der Waals surface area (Å²) in [7, 11) is -3.20. The average Bonchev–Trinajstić information content (AvgIpc) is 2.89. The number of likely N-dealkylation sites (tertiary alicyclic amines) is 1. The van der Waals surface area contributed by atoms with Crippen molar-refractivity contribution in [3.05, 3.63) is 71.0 Å². The molecule has 0 saturated carbocycles. The van der Waals surface area contributed by atoms with Crippen LogP contribution in [0.5, 0.6) is 0 Å². The Morgan fingerprint density at radius 2 is 1.65 bits per heavy atom. The Hall–Kier alpha value is -3.07. The van der Waals surface area contributed by atoms with E-state index in [2.05, 4.69) is 0 Å². The lowest BCUT2D eigenvalue weighted by molar-refractivity contribution is -0.137. The van der Waals surface area contributed by atoms with E-state index in [1.54, 1.807) is 0 Å². The Morgan fingerprint density at radius 3 is 2.26 bits per heavy atom. The van der Waals surface area contributed by atoms with Crippen LogP contribution in [0.2, 0.25) is 0 Å². The minimum atomic E-state index is -3.20. The number of amides is 2. The van der Waals surface area contributed by atoms with E-state index in [-0.39, 0.29) is 29.8 Å². The molecule has 1 aliphatic heterocycles. The number of hydrogen-bond acceptors (Lipinski definition) is 6. The van der Waals surface area contributed by atoms with Gasteiger partial charge >= 0.3 is 5.97 Å². The van der Waals surface area contributed by atoms with E-state index in [0.717, 1.165) is 23.3 Å². The SMILES string of the molecule is CS(=O)(=O)Cc1ccc(C(=O)OC2CCCCN(C(=O)c3ccc(F)cc3)C2=O)cc1. The fourth-order valence-electron chi connectivity index (χ4n) is 3.30. The number of esters is 1. The minimum Gasteiger partial charge on any atom is -0.449 e. The van der Waals surface area contributed by atoms with Crippen LogP contribution in [0.4, 0.5) is 4.39 Å². The fraction of sp³-hybridized carbons (Fsp3) is 0.318. The summed E-state index contributed by atoms with van der Waals surface area (Å²) in [5.74, 6) is -2.57. The van der Waals surface area contributed by atoms with Gasteiger partial charge in [0.1, 0.15) is 5.82 Å². The van der Waals surface area contributed by atoms with Crippen LogP contribution in [0, 0.1) is 5.82 Å². The molecule has 2 aromatic carbocycles. The van der Waals surface area contributed by atoms with Crippen molar-refractivity contribution in [2.75, 3.05) is 12.8 Å². The maximum atomic E-state index is 13.1. The van der Waals surface area contributed by atoms with E-state index < -0.39 is 39.5 Å². The number of ether oxygens (including phenoxy) is 1. The topological polar surface area (TPSA) is 97.8 Å². The molecule has 1 saturated heterocycles. The third kappa shape index (κ3) is 5.97. The number of carbonyl (C=O) groups excluding carboxylic acids is 3. The summed E-state index contributed by atoms with van der Waals surface area (Å²) < 4.78 is 41.3. The molecule has 0 radical (unpaired) electrons. The van der Waals surface area contributed by atoms with Gasteiger partial charge in [-0.25, -0.2) is 17.6 Å². The standard InChI is InChI=1S/C22H22FNO6S/c1-31(28,29)14-15-5-7-17(8-6-15)22(27)30-19-4-2-3-13-24(21(19)26)20(25)16-9-11-18(23)12-10-16/h5-12,19H,2-4,13-14H2,1H3. The lowest BCUT2D eigenvalue weighted by atomic mass is 10.1. The first-order valence-electron chi connectivity index (χ1n) is 9.73. The molecule has 164 valence electrons. The molecule has 1 atom stereocenters. The van der Waals surface area contributed by atoms with Crippen LogP contribution >= 0.6 is 0 Å². The summed E-state index contributed by atoms with van der Waals surface area (Å²) in [6.45, 7) is 0.184. The van der Waals surface area contributed by atoms with Gasteiger partial charge in [0.25, 0.3) is 11.8 Å². The van der Waals surface area contributed by atoms with Crippen LogP contribution in [-0.2, 0) is 25.1 Å². The van der Waals surface area contributed by atoms with E-state index in [4.69, 9.17) is 4.74 Å². The Bertz CT molecular complexity index is 1080. The number of sulfone groups is 1. The highest BCUT2D eigenvalue weighted by molar-refractivity contribution is 7.89. The highest BCUT2D eigenvalue weighted by Gasteiger charge is 2.34. The molecule has 0 N–H and O–H groups in total. The van der Waals surface area contributed by atoms with Crippen molar-refractivity contribution in [3.63, 3.8) is 0 Å². The number of rotatable bonds is 5. The number of benzene rings is 2. The number of hydrogen-bond donors (Lipinski definition) is 0. The molecule has 1 heterocycles. The molecule has 9 heteroatoms. The molecule has 0 aliphatic carbocycles. The zero-order valence-electron chi connectivity index (χ0n) is 16.9. The largest absolute Gasteiger partial charge is 0.449 e. The Labute approximate surface area is 179 Å². The van der Waals surface area contributed by atoms with Gasteiger partial charge in [0, 0.05) is 18.4 Å². The Kier molecular flexibility index (Phi) is 6.84. The van der Waals surface area contributed by atoms with Gasteiger partial charge in [-0.1, -0.05) is 12.1 Å². The molecular formula is C22H22FNO6S. The molecule has 1 fully saturated rings. The van der Waals surface area contributed by atoms with Crippen LogP contribution in [0.3, 0.4) is 0 Å². The van der Waals surface area contributed by atoms with Crippen molar-refractivity contribution >= 4 is 27.6 Å². The first-order chi connectivity index (χ1) is 14.6. The van der Waals surface area contributed by atoms with Crippen LogP contribution in [0.15, 0.2) is 48.5 Å². The summed E-state index contributed by atoms with van der Waals surface area (Å²) >= 11 is 0. The van der Waals surface area contributed by atoms with Gasteiger partial charge in [0.15, 0.2) is 15.9 Å². The van der Waals surface area contributed by atoms with E-state index in [9.17, 15) is 27.2 Å². The number of halogens is 1. The lowest BCUT2D eigenvalue weighted by Crippen LogP contribution is -2.43. The molecule has 0 bridgehead atoms. The van der Waals surface area contributed by atoms with Crippen molar-refractivity contribution in [1.29, 1.82) is 0 Å². The number of imide groups is 1. The van der Waals surface area contributed by atoms with Crippen molar-refractivity contribution < 1.29 is 31.9 Å². The summed E-state index contributed by atoms with van der Waals surface area (Å²) in [6, 6.07) is 10.8. The van der Waals surface area contributed by atoms with Gasteiger partial charge in [0.2, 0.25) is 0 Å². The Balaban J connectivity index is 1.71. The molecule has 31 heavy (non-hydrogen) atoms. The summed E-state index contributed by atoms with van der Waals surface area (Å²) in [4.78, 5) is 39.2. The molecule has 2 amide bonds. The monoisotopic (exact) mass is 447 g/mol. The van der Waals surface area contributed by atoms with Crippen LogP contribution in [0.25, 0.3) is 0 Å². The van der Waals surface area contributed by atoms with E-state index >= 15 is 0 Å². The summed E-state index contributed by atoms with van der Waals surface area (Å²) in [5.41, 5.74) is 0.870. The molecule has 7 nitrogen and oxygen atoms in total. The van der Waals surface area contributed by atoms with Crippen LogP contribution < -0.4 is 0 Å². The highest BCUT2D eigenvalue weighted by atomic mass is 32.2.